The van der Waals surface area contributed by atoms with Crippen molar-refractivity contribution in [3.8, 4) is 11.5 Å². The predicted molar refractivity (Wildman–Crippen MR) is 61.9 cm³/mol. The van der Waals surface area contributed by atoms with Crippen LogP contribution in [0.3, 0.4) is 0 Å². The average Bonchev–Trinajstić information content (AvgIpc) is 2.38. The minimum atomic E-state index is -0.516. The van der Waals surface area contributed by atoms with Gasteiger partial charge in [0.1, 0.15) is 0 Å². The lowest BCUT2D eigenvalue weighted by Crippen LogP contribution is -2.03. The quantitative estimate of drug-likeness (QED) is 0.316. The van der Waals surface area contributed by atoms with E-state index in [-0.39, 0.29) is 24.5 Å². The summed E-state index contributed by atoms with van der Waals surface area (Å²) in [5.41, 5.74) is 0.321. The van der Waals surface area contributed by atoms with Gasteiger partial charge in [0.2, 0.25) is 0 Å². The molecule has 18 heavy (non-hydrogen) atoms. The molecule has 7 heteroatoms. The Kier molecular flexibility index (Phi) is 4.91. The van der Waals surface area contributed by atoms with Crippen molar-refractivity contribution in [2.45, 2.75) is 6.42 Å². The van der Waals surface area contributed by atoms with E-state index in [2.05, 4.69) is 4.74 Å². The molecule has 7 nitrogen and oxygen atoms in total. The Morgan fingerprint density at radius 2 is 1.89 bits per heavy atom. The first kappa shape index (κ1) is 13.8. The molecule has 0 N–H and O–H groups in total. The summed E-state index contributed by atoms with van der Waals surface area (Å²) in [5.74, 6) is 0.674. The summed E-state index contributed by atoms with van der Waals surface area (Å²) in [6.45, 7) is 0.367. The number of nitrogens with zero attached hydrogens (tertiary/aromatic N) is 1. The fraction of sp³-hybridized carbons (Fsp3) is 0.364. The van der Waals surface area contributed by atoms with Gasteiger partial charge in [0, 0.05) is 12.0 Å². The molecule has 1 aromatic carbocycles. The van der Waals surface area contributed by atoms with E-state index in [1.165, 1.54) is 26.4 Å². The fourth-order valence-electron chi connectivity index (χ4n) is 1.50. The number of rotatable bonds is 7. The standard InChI is InChI=1S/C11H13NO6/c1-16-10-5-8(3-4-18-7-13)9(12(14)15)6-11(10)17-2/h5-7H,3-4H2,1-2H3. The number of nitro benzene ring substituents is 1. The van der Waals surface area contributed by atoms with Crippen LogP contribution in [0.15, 0.2) is 12.1 Å². The molecule has 0 aliphatic rings. The van der Waals surface area contributed by atoms with Gasteiger partial charge in [-0.05, 0) is 6.07 Å². The number of methoxy groups -OCH3 is 2. The van der Waals surface area contributed by atoms with Crippen LogP contribution in [0.1, 0.15) is 5.56 Å². The van der Waals surface area contributed by atoms with Gasteiger partial charge in [-0.1, -0.05) is 0 Å². The molecular weight excluding hydrogens is 242 g/mol. The number of nitro groups is 1. The summed E-state index contributed by atoms with van der Waals surface area (Å²) in [6, 6.07) is 2.79. The first-order chi connectivity index (χ1) is 8.63. The van der Waals surface area contributed by atoms with Crippen LogP contribution in [0.5, 0.6) is 11.5 Å². The lowest BCUT2D eigenvalue weighted by molar-refractivity contribution is -0.385. The molecule has 98 valence electrons. The Labute approximate surface area is 103 Å². The lowest BCUT2D eigenvalue weighted by atomic mass is 10.1. The van der Waals surface area contributed by atoms with Crippen LogP contribution < -0.4 is 9.47 Å². The Hall–Kier alpha value is -2.31. The fourth-order valence-corrected chi connectivity index (χ4v) is 1.50. The first-order valence-corrected chi connectivity index (χ1v) is 5.08. The van der Waals surface area contributed by atoms with Gasteiger partial charge in [0.05, 0.1) is 31.8 Å². The Bertz CT molecular complexity index is 445. The van der Waals surface area contributed by atoms with Crippen LogP contribution in [0.4, 0.5) is 5.69 Å². The molecule has 0 saturated carbocycles. The van der Waals surface area contributed by atoms with Crippen LogP contribution in [0.2, 0.25) is 0 Å². The van der Waals surface area contributed by atoms with Crippen molar-refractivity contribution >= 4 is 12.2 Å². The number of ether oxygens (including phenoxy) is 3. The van der Waals surface area contributed by atoms with Crippen molar-refractivity contribution in [3.63, 3.8) is 0 Å². The monoisotopic (exact) mass is 255 g/mol. The van der Waals surface area contributed by atoms with E-state index in [0.29, 0.717) is 17.8 Å². The van der Waals surface area contributed by atoms with E-state index in [0.717, 1.165) is 0 Å². The molecule has 0 bridgehead atoms. The second-order valence-corrected chi connectivity index (χ2v) is 3.31. The topological polar surface area (TPSA) is 87.9 Å². The third kappa shape index (κ3) is 3.09. The highest BCUT2D eigenvalue weighted by Gasteiger charge is 2.19. The molecule has 0 aliphatic heterocycles. The molecule has 1 aromatic rings. The third-order valence-corrected chi connectivity index (χ3v) is 2.34. The summed E-state index contributed by atoms with van der Waals surface area (Å²) in [5, 5.41) is 10.9. The van der Waals surface area contributed by atoms with E-state index < -0.39 is 4.92 Å². The molecule has 0 saturated heterocycles. The molecule has 0 spiro atoms. The van der Waals surface area contributed by atoms with Gasteiger partial charge in [-0.2, -0.15) is 0 Å². The largest absolute Gasteiger partial charge is 0.493 e. The van der Waals surface area contributed by atoms with Crippen molar-refractivity contribution in [2.75, 3.05) is 20.8 Å². The van der Waals surface area contributed by atoms with Crippen molar-refractivity contribution in [1.82, 2.24) is 0 Å². The van der Waals surface area contributed by atoms with Crippen LogP contribution in [0, 0.1) is 10.1 Å². The smallest absolute Gasteiger partial charge is 0.293 e. The third-order valence-electron chi connectivity index (χ3n) is 2.34. The highest BCUT2D eigenvalue weighted by Crippen LogP contribution is 2.34. The lowest BCUT2D eigenvalue weighted by Gasteiger charge is -2.10. The van der Waals surface area contributed by atoms with Crippen molar-refractivity contribution in [2.24, 2.45) is 0 Å². The van der Waals surface area contributed by atoms with Gasteiger partial charge in [-0.15, -0.1) is 0 Å². The summed E-state index contributed by atoms with van der Waals surface area (Å²) < 4.78 is 14.6. The number of benzene rings is 1. The zero-order valence-electron chi connectivity index (χ0n) is 10.0. The molecule has 0 aliphatic carbocycles. The van der Waals surface area contributed by atoms with E-state index in [1.807, 2.05) is 0 Å². The molecule has 0 amide bonds. The van der Waals surface area contributed by atoms with E-state index >= 15 is 0 Å². The number of hydrogen-bond acceptors (Lipinski definition) is 6. The van der Waals surface area contributed by atoms with Crippen molar-refractivity contribution in [3.05, 3.63) is 27.8 Å². The summed E-state index contributed by atoms with van der Waals surface area (Å²) >= 11 is 0. The Morgan fingerprint density at radius 3 is 2.39 bits per heavy atom. The molecule has 0 unspecified atom stereocenters. The first-order valence-electron chi connectivity index (χ1n) is 5.08. The van der Waals surface area contributed by atoms with Crippen molar-refractivity contribution < 1.29 is 23.9 Å². The minimum Gasteiger partial charge on any atom is -0.493 e. The maximum Gasteiger partial charge on any atom is 0.293 e. The molecule has 1 rings (SSSR count). The predicted octanol–water partition coefficient (Wildman–Crippen LogP) is 1.33. The van der Waals surface area contributed by atoms with E-state index in [1.54, 1.807) is 0 Å². The van der Waals surface area contributed by atoms with E-state index in [4.69, 9.17) is 9.47 Å². The van der Waals surface area contributed by atoms with Crippen LogP contribution in [-0.4, -0.2) is 32.2 Å². The molecule has 0 atom stereocenters. The SMILES string of the molecule is COc1cc(CCOC=O)c([N+](=O)[O-])cc1OC. The molecular formula is C11H13NO6. The normalized spacial score (nSPS) is 9.67. The summed E-state index contributed by atoms with van der Waals surface area (Å²) in [4.78, 5) is 20.4. The summed E-state index contributed by atoms with van der Waals surface area (Å²) in [7, 11) is 2.84. The molecule has 0 radical (unpaired) electrons. The second-order valence-electron chi connectivity index (χ2n) is 3.31. The van der Waals surface area contributed by atoms with Gasteiger partial charge in [0.25, 0.3) is 12.2 Å². The van der Waals surface area contributed by atoms with Crippen LogP contribution in [-0.2, 0) is 16.0 Å². The summed E-state index contributed by atoms with van der Waals surface area (Å²) in [6.07, 6.45) is 0.232. The maximum absolute atomic E-state index is 10.9. The highest BCUT2D eigenvalue weighted by atomic mass is 16.6. The number of hydrogen-bond donors (Lipinski definition) is 0. The molecule has 0 aromatic heterocycles. The highest BCUT2D eigenvalue weighted by molar-refractivity contribution is 5.54. The van der Waals surface area contributed by atoms with E-state index in [9.17, 15) is 14.9 Å². The molecule has 0 heterocycles. The Morgan fingerprint density at radius 1 is 1.28 bits per heavy atom. The zero-order chi connectivity index (χ0) is 13.5. The average molecular weight is 255 g/mol. The van der Waals surface area contributed by atoms with Gasteiger partial charge >= 0.3 is 0 Å². The number of carbonyl (C=O) groups is 1. The van der Waals surface area contributed by atoms with Gasteiger partial charge in [0.15, 0.2) is 11.5 Å². The zero-order valence-corrected chi connectivity index (χ0v) is 10.0. The maximum atomic E-state index is 10.9. The number of carbonyl (C=O) groups excluding carboxylic acids is 1. The minimum absolute atomic E-state index is 0.0693. The van der Waals surface area contributed by atoms with Gasteiger partial charge in [-0.3, -0.25) is 14.9 Å². The Balaban J connectivity index is 3.11. The van der Waals surface area contributed by atoms with Crippen molar-refractivity contribution in [1.29, 1.82) is 0 Å². The van der Waals surface area contributed by atoms with Crippen LogP contribution >= 0.6 is 0 Å². The molecule has 0 fully saturated rings. The van der Waals surface area contributed by atoms with Crippen LogP contribution in [0.25, 0.3) is 0 Å². The van der Waals surface area contributed by atoms with Gasteiger partial charge in [-0.25, -0.2) is 0 Å². The second kappa shape index (κ2) is 6.43. The van der Waals surface area contributed by atoms with Gasteiger partial charge < -0.3 is 14.2 Å².